The fourth-order valence-electron chi connectivity index (χ4n) is 3.10. The predicted molar refractivity (Wildman–Crippen MR) is 90.7 cm³/mol. The fourth-order valence-corrected chi connectivity index (χ4v) is 3.10. The van der Waals surface area contributed by atoms with Gasteiger partial charge in [-0.25, -0.2) is 0 Å². The Labute approximate surface area is 134 Å². The molecule has 1 aromatic rings. The number of likely N-dealkylation sites (tertiary alicyclic amines) is 1. The second-order valence-electron chi connectivity index (χ2n) is 6.97. The van der Waals surface area contributed by atoms with Gasteiger partial charge in [-0.1, -0.05) is 12.1 Å². The number of hydrogen-bond donors (Lipinski definition) is 1. The van der Waals surface area contributed by atoms with E-state index in [0.29, 0.717) is 6.04 Å². The molecule has 0 aromatic heterocycles. The van der Waals surface area contributed by atoms with Gasteiger partial charge in [0.15, 0.2) is 11.5 Å². The molecule has 0 atom stereocenters. The van der Waals surface area contributed by atoms with Crippen LogP contribution in [0.25, 0.3) is 0 Å². The summed E-state index contributed by atoms with van der Waals surface area (Å²) in [5.74, 6) is 1.63. The van der Waals surface area contributed by atoms with Gasteiger partial charge in [0.05, 0.1) is 14.2 Å². The monoisotopic (exact) mass is 306 g/mol. The normalized spacial score (nSPS) is 17.5. The minimum atomic E-state index is 0.279. The molecule has 2 rings (SSSR count). The molecule has 1 aromatic carbocycles. The minimum Gasteiger partial charge on any atom is -0.493 e. The van der Waals surface area contributed by atoms with Crippen LogP contribution in [0.2, 0.25) is 0 Å². The molecule has 0 unspecified atom stereocenters. The first kappa shape index (κ1) is 17.1. The van der Waals surface area contributed by atoms with Gasteiger partial charge in [0.1, 0.15) is 0 Å². The van der Waals surface area contributed by atoms with Crippen molar-refractivity contribution < 1.29 is 9.47 Å². The lowest BCUT2D eigenvalue weighted by Gasteiger charge is -2.41. The Morgan fingerprint density at radius 1 is 1.14 bits per heavy atom. The topological polar surface area (TPSA) is 33.7 Å². The summed E-state index contributed by atoms with van der Waals surface area (Å²) in [5, 5.41) is 3.67. The number of hydrogen-bond acceptors (Lipinski definition) is 4. The molecule has 1 aliphatic heterocycles. The third-order valence-corrected chi connectivity index (χ3v) is 4.51. The summed E-state index contributed by atoms with van der Waals surface area (Å²) in [5.41, 5.74) is 1.43. The molecule has 0 bridgehead atoms. The number of para-hydroxylation sites is 1. The van der Waals surface area contributed by atoms with Gasteiger partial charge in [0.25, 0.3) is 0 Å². The first-order valence-corrected chi connectivity index (χ1v) is 8.14. The van der Waals surface area contributed by atoms with E-state index < -0.39 is 0 Å². The molecule has 1 fully saturated rings. The van der Waals surface area contributed by atoms with Crippen LogP contribution in [0.5, 0.6) is 11.5 Å². The summed E-state index contributed by atoms with van der Waals surface area (Å²) in [4.78, 5) is 2.57. The molecule has 0 radical (unpaired) electrons. The van der Waals surface area contributed by atoms with Gasteiger partial charge >= 0.3 is 0 Å². The molecule has 124 valence electrons. The second-order valence-corrected chi connectivity index (χ2v) is 6.97. The van der Waals surface area contributed by atoms with Crippen molar-refractivity contribution >= 4 is 0 Å². The molecule has 4 heteroatoms. The summed E-state index contributed by atoms with van der Waals surface area (Å²) in [6.45, 7) is 10.0. The van der Waals surface area contributed by atoms with Gasteiger partial charge in [-0.3, -0.25) is 4.90 Å². The standard InChI is InChI=1S/C18H30N2O2/c1-18(2,3)20-11-9-15(10-12-20)19-13-14-7-6-8-16(21-4)17(14)22-5/h6-8,15,19H,9-13H2,1-5H3. The zero-order valence-electron chi connectivity index (χ0n) is 14.6. The zero-order valence-corrected chi connectivity index (χ0v) is 14.6. The molecule has 1 heterocycles. The third-order valence-electron chi connectivity index (χ3n) is 4.51. The molecule has 1 aliphatic rings. The molecular formula is C18H30N2O2. The van der Waals surface area contributed by atoms with Crippen LogP contribution in [-0.4, -0.2) is 43.8 Å². The SMILES string of the molecule is COc1cccc(CNC2CCN(C(C)(C)C)CC2)c1OC. The molecule has 0 amide bonds. The van der Waals surface area contributed by atoms with E-state index in [4.69, 9.17) is 9.47 Å². The maximum absolute atomic E-state index is 5.50. The van der Waals surface area contributed by atoms with Crippen LogP contribution in [0.4, 0.5) is 0 Å². The Kier molecular flexibility index (Phi) is 5.70. The van der Waals surface area contributed by atoms with Crippen molar-refractivity contribution in [2.24, 2.45) is 0 Å². The highest BCUT2D eigenvalue weighted by atomic mass is 16.5. The molecule has 22 heavy (non-hydrogen) atoms. The Hall–Kier alpha value is -1.26. The van der Waals surface area contributed by atoms with Gasteiger partial charge < -0.3 is 14.8 Å². The lowest BCUT2D eigenvalue weighted by atomic mass is 9.98. The quantitative estimate of drug-likeness (QED) is 0.906. The second kappa shape index (κ2) is 7.34. The Balaban J connectivity index is 1.90. The van der Waals surface area contributed by atoms with Crippen molar-refractivity contribution in [3.8, 4) is 11.5 Å². The van der Waals surface area contributed by atoms with Gasteiger partial charge in [-0.05, 0) is 39.7 Å². The molecule has 4 nitrogen and oxygen atoms in total. The largest absolute Gasteiger partial charge is 0.493 e. The molecular weight excluding hydrogens is 276 g/mol. The van der Waals surface area contributed by atoms with E-state index in [0.717, 1.165) is 36.7 Å². The Morgan fingerprint density at radius 2 is 1.82 bits per heavy atom. The third kappa shape index (κ3) is 4.14. The number of rotatable bonds is 5. The van der Waals surface area contributed by atoms with Crippen LogP contribution in [0.3, 0.4) is 0 Å². The summed E-state index contributed by atoms with van der Waals surface area (Å²) in [6, 6.07) is 6.62. The number of nitrogens with one attached hydrogen (secondary N) is 1. The van der Waals surface area contributed by atoms with Crippen LogP contribution in [0, 0.1) is 0 Å². The highest BCUT2D eigenvalue weighted by molar-refractivity contribution is 5.46. The average molecular weight is 306 g/mol. The van der Waals surface area contributed by atoms with Gasteiger partial charge in [-0.2, -0.15) is 0 Å². The first-order valence-electron chi connectivity index (χ1n) is 8.14. The molecule has 0 saturated carbocycles. The molecule has 0 spiro atoms. The number of benzene rings is 1. The maximum atomic E-state index is 5.50. The lowest BCUT2D eigenvalue weighted by Crippen LogP contribution is -2.49. The molecule has 1 saturated heterocycles. The van der Waals surface area contributed by atoms with Crippen molar-refractivity contribution in [3.05, 3.63) is 23.8 Å². The minimum absolute atomic E-state index is 0.279. The summed E-state index contributed by atoms with van der Waals surface area (Å²) in [7, 11) is 3.38. The lowest BCUT2D eigenvalue weighted by molar-refractivity contribution is 0.0960. The maximum Gasteiger partial charge on any atom is 0.165 e. The van der Waals surface area contributed by atoms with E-state index in [1.54, 1.807) is 14.2 Å². The van der Waals surface area contributed by atoms with Crippen LogP contribution < -0.4 is 14.8 Å². The number of nitrogens with zero attached hydrogens (tertiary/aromatic N) is 1. The van der Waals surface area contributed by atoms with E-state index in [-0.39, 0.29) is 5.54 Å². The van der Waals surface area contributed by atoms with E-state index in [1.807, 2.05) is 12.1 Å². The molecule has 0 aliphatic carbocycles. The van der Waals surface area contributed by atoms with Crippen molar-refractivity contribution in [3.63, 3.8) is 0 Å². The van der Waals surface area contributed by atoms with Crippen LogP contribution in [-0.2, 0) is 6.54 Å². The van der Waals surface area contributed by atoms with E-state index in [1.165, 1.54) is 12.8 Å². The first-order chi connectivity index (χ1) is 10.5. The number of ether oxygens (including phenoxy) is 2. The summed E-state index contributed by atoms with van der Waals surface area (Å²) in [6.07, 6.45) is 2.40. The van der Waals surface area contributed by atoms with Crippen molar-refractivity contribution in [2.45, 2.75) is 51.7 Å². The molecule has 1 N–H and O–H groups in total. The van der Waals surface area contributed by atoms with Gasteiger partial charge in [-0.15, -0.1) is 0 Å². The Morgan fingerprint density at radius 3 is 2.36 bits per heavy atom. The van der Waals surface area contributed by atoms with Crippen molar-refractivity contribution in [1.82, 2.24) is 10.2 Å². The average Bonchev–Trinajstić information content (AvgIpc) is 2.51. The number of piperidine rings is 1. The Bertz CT molecular complexity index is 474. The van der Waals surface area contributed by atoms with E-state index in [2.05, 4.69) is 37.1 Å². The highest BCUT2D eigenvalue weighted by Gasteiger charge is 2.26. The summed E-state index contributed by atoms with van der Waals surface area (Å²) >= 11 is 0. The smallest absolute Gasteiger partial charge is 0.165 e. The van der Waals surface area contributed by atoms with E-state index >= 15 is 0 Å². The van der Waals surface area contributed by atoms with Gasteiger partial charge in [0, 0.05) is 36.8 Å². The van der Waals surface area contributed by atoms with Crippen molar-refractivity contribution in [2.75, 3.05) is 27.3 Å². The highest BCUT2D eigenvalue weighted by Crippen LogP contribution is 2.30. The zero-order chi connectivity index (χ0) is 16.2. The van der Waals surface area contributed by atoms with Crippen molar-refractivity contribution in [1.29, 1.82) is 0 Å². The van der Waals surface area contributed by atoms with E-state index in [9.17, 15) is 0 Å². The van der Waals surface area contributed by atoms with Gasteiger partial charge in [0.2, 0.25) is 0 Å². The van der Waals surface area contributed by atoms with Crippen LogP contribution >= 0.6 is 0 Å². The number of methoxy groups -OCH3 is 2. The summed E-state index contributed by atoms with van der Waals surface area (Å²) < 4.78 is 10.9. The predicted octanol–water partition coefficient (Wildman–Crippen LogP) is 3.06. The fraction of sp³-hybridized carbons (Fsp3) is 0.667. The van der Waals surface area contributed by atoms with Crippen LogP contribution in [0.15, 0.2) is 18.2 Å². The van der Waals surface area contributed by atoms with Crippen LogP contribution in [0.1, 0.15) is 39.2 Å².